The molecule has 0 saturated carbocycles. The van der Waals surface area contributed by atoms with Crippen LogP contribution in [0.4, 0.5) is 13.2 Å². The van der Waals surface area contributed by atoms with E-state index in [9.17, 15) is 13.2 Å². The fourth-order valence-corrected chi connectivity index (χ4v) is 3.15. The summed E-state index contributed by atoms with van der Waals surface area (Å²) in [6, 6.07) is 10.2. The van der Waals surface area contributed by atoms with Crippen LogP contribution in [0.3, 0.4) is 0 Å². The molecule has 10 heteroatoms. The average molecular weight is 377 g/mol. The Bertz CT molecular complexity index is 1010. The van der Waals surface area contributed by atoms with E-state index in [-0.39, 0.29) is 16.2 Å². The summed E-state index contributed by atoms with van der Waals surface area (Å²) in [6.45, 7) is -1.22. The first-order valence-electron chi connectivity index (χ1n) is 7.43. The summed E-state index contributed by atoms with van der Waals surface area (Å²) in [5.74, 6) is 0.100. The van der Waals surface area contributed by atoms with Gasteiger partial charge in [0.2, 0.25) is 5.16 Å². The SMILES string of the molecule is FC(F)(F)Cn1c(Sc2nc3ccccc3o2)nnc1-c1ccncc1. The molecule has 0 spiro atoms. The maximum atomic E-state index is 13.1. The van der Waals surface area contributed by atoms with E-state index in [4.69, 9.17) is 4.42 Å². The lowest BCUT2D eigenvalue weighted by atomic mass is 10.2. The molecule has 0 fully saturated rings. The first kappa shape index (κ1) is 16.6. The lowest BCUT2D eigenvalue weighted by Gasteiger charge is -2.11. The van der Waals surface area contributed by atoms with Gasteiger partial charge in [-0.2, -0.15) is 13.2 Å². The second kappa shape index (κ2) is 6.45. The second-order valence-electron chi connectivity index (χ2n) is 5.29. The monoisotopic (exact) mass is 377 g/mol. The maximum absolute atomic E-state index is 13.1. The molecule has 3 heterocycles. The molecule has 4 aromatic rings. The first-order valence-corrected chi connectivity index (χ1v) is 8.25. The molecular formula is C16H10F3N5OS. The molecule has 0 bridgehead atoms. The Balaban J connectivity index is 1.74. The Morgan fingerprint density at radius 1 is 1.04 bits per heavy atom. The number of nitrogens with zero attached hydrogens (tertiary/aromatic N) is 5. The number of rotatable bonds is 4. The fourth-order valence-electron chi connectivity index (χ4n) is 2.37. The molecule has 0 aliphatic carbocycles. The number of benzene rings is 1. The lowest BCUT2D eigenvalue weighted by molar-refractivity contribution is -0.141. The van der Waals surface area contributed by atoms with Crippen LogP contribution in [0.5, 0.6) is 0 Å². The standard InChI is InChI=1S/C16H10F3N5OS/c17-16(18,19)9-24-13(10-5-7-20-8-6-10)22-23-14(24)26-15-21-11-3-1-2-4-12(11)25-15/h1-8H,9H2. The molecule has 0 saturated heterocycles. The summed E-state index contributed by atoms with van der Waals surface area (Å²) < 4.78 is 45.7. The maximum Gasteiger partial charge on any atom is 0.406 e. The van der Waals surface area contributed by atoms with Gasteiger partial charge < -0.3 is 4.42 Å². The highest BCUT2D eigenvalue weighted by Crippen LogP contribution is 2.33. The zero-order valence-electron chi connectivity index (χ0n) is 13.0. The minimum Gasteiger partial charge on any atom is -0.431 e. The Morgan fingerprint density at radius 3 is 2.54 bits per heavy atom. The van der Waals surface area contributed by atoms with Crippen molar-refractivity contribution in [3.05, 3.63) is 48.8 Å². The number of aromatic nitrogens is 5. The van der Waals surface area contributed by atoms with Crippen LogP contribution in [0, 0.1) is 0 Å². The van der Waals surface area contributed by atoms with Crippen LogP contribution in [-0.4, -0.2) is 30.9 Å². The summed E-state index contributed by atoms with van der Waals surface area (Å²) >= 11 is 0.892. The summed E-state index contributed by atoms with van der Waals surface area (Å²) in [7, 11) is 0. The van der Waals surface area contributed by atoms with Gasteiger partial charge in [0.1, 0.15) is 12.1 Å². The van der Waals surface area contributed by atoms with Crippen LogP contribution in [0.2, 0.25) is 0 Å². The van der Waals surface area contributed by atoms with Gasteiger partial charge in [-0.1, -0.05) is 12.1 Å². The van der Waals surface area contributed by atoms with Gasteiger partial charge in [0.25, 0.3) is 5.22 Å². The molecule has 0 aliphatic rings. The van der Waals surface area contributed by atoms with Crippen molar-refractivity contribution in [1.82, 2.24) is 24.7 Å². The summed E-state index contributed by atoms with van der Waals surface area (Å²) in [6.07, 6.45) is -1.47. The summed E-state index contributed by atoms with van der Waals surface area (Å²) in [4.78, 5) is 8.12. The summed E-state index contributed by atoms with van der Waals surface area (Å²) in [5, 5.41) is 8.05. The Hall–Kier alpha value is -2.88. The first-order chi connectivity index (χ1) is 12.5. The van der Waals surface area contributed by atoms with Crippen molar-refractivity contribution in [1.29, 1.82) is 0 Å². The second-order valence-corrected chi connectivity index (χ2v) is 6.21. The molecule has 26 heavy (non-hydrogen) atoms. The van der Waals surface area contributed by atoms with Crippen molar-refractivity contribution in [2.45, 2.75) is 23.1 Å². The Labute approximate surface area is 149 Å². The van der Waals surface area contributed by atoms with E-state index in [0.717, 1.165) is 16.3 Å². The number of hydrogen-bond donors (Lipinski definition) is 0. The molecule has 0 radical (unpaired) electrons. The number of alkyl halides is 3. The van der Waals surface area contributed by atoms with Crippen molar-refractivity contribution in [2.75, 3.05) is 0 Å². The molecular weight excluding hydrogens is 367 g/mol. The Kier molecular flexibility index (Phi) is 4.11. The van der Waals surface area contributed by atoms with Crippen LogP contribution in [0.15, 0.2) is 63.6 Å². The molecule has 0 amide bonds. The van der Waals surface area contributed by atoms with Crippen LogP contribution in [0.1, 0.15) is 0 Å². The van der Waals surface area contributed by atoms with Crippen molar-refractivity contribution in [2.24, 2.45) is 0 Å². The quantitative estimate of drug-likeness (QED) is 0.531. The van der Waals surface area contributed by atoms with Crippen molar-refractivity contribution < 1.29 is 17.6 Å². The number of halogens is 3. The molecule has 132 valence electrons. The highest BCUT2D eigenvalue weighted by atomic mass is 32.2. The molecule has 0 atom stereocenters. The van der Waals surface area contributed by atoms with Crippen LogP contribution < -0.4 is 0 Å². The van der Waals surface area contributed by atoms with Gasteiger partial charge in [-0.15, -0.1) is 10.2 Å². The van der Waals surface area contributed by atoms with Gasteiger partial charge >= 0.3 is 6.18 Å². The van der Waals surface area contributed by atoms with Crippen molar-refractivity contribution in [3.8, 4) is 11.4 Å². The minimum atomic E-state index is -4.43. The predicted octanol–water partition coefficient (Wildman–Crippen LogP) is 4.19. The molecule has 0 N–H and O–H groups in total. The molecule has 0 unspecified atom stereocenters. The van der Waals surface area contributed by atoms with E-state index < -0.39 is 12.7 Å². The van der Waals surface area contributed by atoms with E-state index in [1.807, 2.05) is 0 Å². The third-order valence-corrected chi connectivity index (χ3v) is 4.28. The van der Waals surface area contributed by atoms with E-state index in [1.165, 1.54) is 12.4 Å². The van der Waals surface area contributed by atoms with E-state index in [1.54, 1.807) is 36.4 Å². The summed E-state index contributed by atoms with van der Waals surface area (Å²) in [5.41, 5.74) is 1.65. The molecule has 0 aliphatic heterocycles. The van der Waals surface area contributed by atoms with E-state index in [2.05, 4.69) is 20.2 Å². The number of fused-ring (bicyclic) bond motifs is 1. The van der Waals surface area contributed by atoms with Crippen LogP contribution in [-0.2, 0) is 6.54 Å². The number of para-hydroxylation sites is 2. The number of pyridine rings is 1. The van der Waals surface area contributed by atoms with Gasteiger partial charge in [-0.3, -0.25) is 9.55 Å². The van der Waals surface area contributed by atoms with Crippen molar-refractivity contribution in [3.63, 3.8) is 0 Å². The largest absolute Gasteiger partial charge is 0.431 e. The van der Waals surface area contributed by atoms with Crippen LogP contribution >= 0.6 is 11.8 Å². The minimum absolute atomic E-state index is 0.0423. The topological polar surface area (TPSA) is 69.6 Å². The molecule has 6 nitrogen and oxygen atoms in total. The predicted molar refractivity (Wildman–Crippen MR) is 87.4 cm³/mol. The highest BCUT2D eigenvalue weighted by molar-refractivity contribution is 7.99. The van der Waals surface area contributed by atoms with Crippen LogP contribution in [0.25, 0.3) is 22.5 Å². The van der Waals surface area contributed by atoms with Gasteiger partial charge in [0.15, 0.2) is 11.4 Å². The van der Waals surface area contributed by atoms with E-state index in [0.29, 0.717) is 16.7 Å². The zero-order valence-corrected chi connectivity index (χ0v) is 13.8. The van der Waals surface area contributed by atoms with Gasteiger partial charge in [-0.05, 0) is 24.3 Å². The van der Waals surface area contributed by atoms with Gasteiger partial charge in [0, 0.05) is 29.7 Å². The number of oxazole rings is 1. The average Bonchev–Trinajstić information content (AvgIpc) is 3.18. The fraction of sp³-hybridized carbons (Fsp3) is 0.125. The third-order valence-electron chi connectivity index (χ3n) is 3.45. The smallest absolute Gasteiger partial charge is 0.406 e. The van der Waals surface area contributed by atoms with Gasteiger partial charge in [0.05, 0.1) is 0 Å². The Morgan fingerprint density at radius 2 is 1.81 bits per heavy atom. The van der Waals surface area contributed by atoms with E-state index >= 15 is 0 Å². The molecule has 1 aromatic carbocycles. The van der Waals surface area contributed by atoms with Crippen molar-refractivity contribution >= 4 is 22.9 Å². The zero-order chi connectivity index (χ0) is 18.1. The lowest BCUT2D eigenvalue weighted by Crippen LogP contribution is -2.19. The normalized spacial score (nSPS) is 12.0. The molecule has 3 aromatic heterocycles. The third kappa shape index (κ3) is 3.40. The number of hydrogen-bond acceptors (Lipinski definition) is 6. The molecule has 4 rings (SSSR count). The highest BCUT2D eigenvalue weighted by Gasteiger charge is 2.32. The van der Waals surface area contributed by atoms with Gasteiger partial charge in [-0.25, -0.2) is 4.98 Å².